The number of fused-ring (bicyclic) bond motifs is 1. The Balaban J connectivity index is 1.60. The molecule has 0 atom stereocenters. The fourth-order valence-corrected chi connectivity index (χ4v) is 4.09. The summed E-state index contributed by atoms with van der Waals surface area (Å²) >= 11 is 0. The highest BCUT2D eigenvalue weighted by Crippen LogP contribution is 2.33. The van der Waals surface area contributed by atoms with E-state index in [-0.39, 0.29) is 18.2 Å². The zero-order valence-corrected chi connectivity index (χ0v) is 18.5. The third kappa shape index (κ3) is 4.84. The van der Waals surface area contributed by atoms with Crippen LogP contribution in [0.25, 0.3) is 16.7 Å². The van der Waals surface area contributed by atoms with Crippen LogP contribution in [0, 0.1) is 11.2 Å². The molecule has 2 aromatic heterocycles. The summed E-state index contributed by atoms with van der Waals surface area (Å²) in [5, 5.41) is 13.2. The molecular formula is C23H26FN7O2. The summed E-state index contributed by atoms with van der Waals surface area (Å²) in [5.41, 5.74) is 2.57. The van der Waals surface area contributed by atoms with Gasteiger partial charge in [-0.2, -0.15) is 9.97 Å². The summed E-state index contributed by atoms with van der Waals surface area (Å²) in [6.45, 7) is 0.0753. The van der Waals surface area contributed by atoms with Crippen molar-refractivity contribution in [1.82, 2.24) is 30.6 Å². The quantitative estimate of drug-likeness (QED) is 0.389. The van der Waals surface area contributed by atoms with Crippen LogP contribution in [0.3, 0.4) is 0 Å². The van der Waals surface area contributed by atoms with Crippen LogP contribution < -0.4 is 15.4 Å². The van der Waals surface area contributed by atoms with Crippen LogP contribution in [0.1, 0.15) is 59.0 Å². The summed E-state index contributed by atoms with van der Waals surface area (Å²) in [6, 6.07) is 4.46. The number of carbonyl (C=O) groups is 1. The van der Waals surface area contributed by atoms with E-state index in [1.807, 2.05) is 0 Å². The summed E-state index contributed by atoms with van der Waals surface area (Å²) in [7, 11) is 3.13. The Morgan fingerprint density at radius 3 is 2.76 bits per heavy atom. The van der Waals surface area contributed by atoms with Crippen molar-refractivity contribution < 1.29 is 13.9 Å². The average Bonchev–Trinajstić information content (AvgIpc) is 3.49. The Hall–Kier alpha value is -3.82. The second-order valence-corrected chi connectivity index (χ2v) is 7.92. The van der Waals surface area contributed by atoms with Crippen molar-refractivity contribution in [2.45, 2.75) is 38.1 Å². The molecule has 172 valence electrons. The summed E-state index contributed by atoms with van der Waals surface area (Å²) < 4.78 is 19.3. The van der Waals surface area contributed by atoms with Crippen LogP contribution in [0.2, 0.25) is 0 Å². The number of H-pyrrole nitrogens is 1. The highest BCUT2D eigenvalue weighted by atomic mass is 19.1. The number of allylic oxidation sites excluding steroid dienone is 1. The number of aromatic amines is 1. The number of halogens is 1. The van der Waals surface area contributed by atoms with E-state index in [0.717, 1.165) is 37.7 Å². The number of methoxy groups -OCH3 is 1. The summed E-state index contributed by atoms with van der Waals surface area (Å²) in [4.78, 5) is 29.4. The lowest BCUT2D eigenvalue weighted by molar-refractivity contribution is 0.0946. The normalized spacial score (nSPS) is 14.5. The molecule has 1 aliphatic rings. The van der Waals surface area contributed by atoms with E-state index in [4.69, 9.17) is 10.1 Å². The average molecular weight is 452 g/mol. The fraction of sp³-hybridized carbons (Fsp3) is 0.348. The van der Waals surface area contributed by atoms with E-state index in [1.165, 1.54) is 19.2 Å². The van der Waals surface area contributed by atoms with Gasteiger partial charge in [-0.25, -0.2) is 9.37 Å². The van der Waals surface area contributed by atoms with Crippen molar-refractivity contribution >= 4 is 28.9 Å². The molecule has 9 nitrogen and oxygen atoms in total. The first-order chi connectivity index (χ1) is 16.0. The molecule has 3 aromatic rings. The van der Waals surface area contributed by atoms with Crippen LogP contribution >= 0.6 is 0 Å². The van der Waals surface area contributed by atoms with E-state index in [0.29, 0.717) is 33.8 Å². The number of hydrogen-bond acceptors (Lipinski definition) is 7. The topological polar surface area (TPSA) is 129 Å². The van der Waals surface area contributed by atoms with Gasteiger partial charge in [0, 0.05) is 37.5 Å². The largest absolute Gasteiger partial charge is 0.467 e. The van der Waals surface area contributed by atoms with E-state index < -0.39 is 11.7 Å². The van der Waals surface area contributed by atoms with E-state index in [1.54, 1.807) is 19.3 Å². The first-order valence-corrected chi connectivity index (χ1v) is 10.8. The number of nitrogens with zero attached hydrogens (tertiary/aromatic N) is 3. The molecule has 10 heteroatoms. The van der Waals surface area contributed by atoms with Crippen LogP contribution in [0.4, 0.5) is 4.39 Å². The van der Waals surface area contributed by atoms with Crippen molar-refractivity contribution in [3.8, 4) is 6.01 Å². The number of ether oxygens (including phenoxy) is 1. The highest BCUT2D eigenvalue weighted by molar-refractivity contribution is 6.08. The van der Waals surface area contributed by atoms with Crippen molar-refractivity contribution in [3.63, 3.8) is 0 Å². The molecule has 0 saturated heterocycles. The van der Waals surface area contributed by atoms with Gasteiger partial charge in [0.25, 0.3) is 5.91 Å². The lowest BCUT2D eigenvalue weighted by atomic mass is 10.0. The molecule has 0 radical (unpaired) electrons. The Bertz CT molecular complexity index is 1210. The van der Waals surface area contributed by atoms with Gasteiger partial charge in [0.15, 0.2) is 11.3 Å². The number of aromatic nitrogens is 4. The molecule has 4 N–H and O–H groups in total. The van der Waals surface area contributed by atoms with Gasteiger partial charge < -0.3 is 25.8 Å². The molecule has 0 bridgehead atoms. The first-order valence-electron chi connectivity index (χ1n) is 10.8. The van der Waals surface area contributed by atoms with Gasteiger partial charge in [-0.3, -0.25) is 4.79 Å². The number of nitrogens with one attached hydrogen (secondary N) is 4. The molecule has 1 fully saturated rings. The van der Waals surface area contributed by atoms with Gasteiger partial charge in [-0.05, 0) is 42.2 Å². The Labute approximate surface area is 190 Å². The Kier molecular flexibility index (Phi) is 6.62. The molecule has 33 heavy (non-hydrogen) atoms. The Morgan fingerprint density at radius 1 is 1.27 bits per heavy atom. The highest BCUT2D eigenvalue weighted by Gasteiger charge is 2.24. The van der Waals surface area contributed by atoms with Crippen LogP contribution in [0.15, 0.2) is 24.4 Å². The summed E-state index contributed by atoms with van der Waals surface area (Å²) in [5.74, 6) is 0.220. The molecule has 0 spiro atoms. The molecule has 1 aliphatic carbocycles. The third-order valence-electron chi connectivity index (χ3n) is 5.69. The van der Waals surface area contributed by atoms with E-state index in [9.17, 15) is 9.18 Å². The maximum absolute atomic E-state index is 14.2. The second-order valence-electron chi connectivity index (χ2n) is 7.92. The molecule has 1 amide bonds. The Morgan fingerprint density at radius 2 is 2.06 bits per heavy atom. The number of amides is 1. The molecule has 4 rings (SSSR count). The van der Waals surface area contributed by atoms with Gasteiger partial charge in [-0.1, -0.05) is 12.8 Å². The standard InChI is InChI=1S/C23H26FN7O2/c1-26-12-16(10-25)15-7-13(8-17(24)9-15)11-27-22(32)19-18-21(31-23(29-19)33-2)30-20(28-18)14-5-3-4-6-14/h7-10,12,14,25-26H,3-6,11H2,1-2H3,(H,27,32)(H,28,29,30,31)/b16-12+,25-10?. The minimum atomic E-state index is -0.457. The van der Waals surface area contributed by atoms with Crippen molar-refractivity contribution in [2.75, 3.05) is 14.2 Å². The number of imidazole rings is 1. The van der Waals surface area contributed by atoms with E-state index in [2.05, 4.69) is 30.6 Å². The maximum atomic E-state index is 14.2. The van der Waals surface area contributed by atoms with Crippen LogP contribution in [-0.4, -0.2) is 46.2 Å². The molecule has 1 aromatic carbocycles. The first kappa shape index (κ1) is 22.4. The SMILES string of the molecule is CN/C=C(\C=N)c1cc(F)cc(CNC(=O)c2nc(OC)nc3nc(C4CCCC4)[nH]c23)c1. The molecule has 1 saturated carbocycles. The third-order valence-corrected chi connectivity index (χ3v) is 5.69. The van der Waals surface area contributed by atoms with Crippen LogP contribution in [0.5, 0.6) is 6.01 Å². The van der Waals surface area contributed by atoms with Crippen molar-refractivity contribution in [1.29, 1.82) is 5.41 Å². The van der Waals surface area contributed by atoms with E-state index >= 15 is 0 Å². The number of benzene rings is 1. The molecular weight excluding hydrogens is 425 g/mol. The van der Waals surface area contributed by atoms with Gasteiger partial charge in [0.2, 0.25) is 0 Å². The maximum Gasteiger partial charge on any atom is 0.319 e. The lowest BCUT2D eigenvalue weighted by Crippen LogP contribution is -2.24. The zero-order valence-electron chi connectivity index (χ0n) is 18.5. The minimum absolute atomic E-state index is 0.0537. The predicted octanol–water partition coefficient (Wildman–Crippen LogP) is 3.30. The fourth-order valence-electron chi connectivity index (χ4n) is 4.09. The van der Waals surface area contributed by atoms with Crippen molar-refractivity contribution in [2.24, 2.45) is 0 Å². The second kappa shape index (κ2) is 9.76. The molecule has 0 unspecified atom stereocenters. The van der Waals surface area contributed by atoms with Crippen LogP contribution in [-0.2, 0) is 6.54 Å². The number of rotatable bonds is 8. The molecule has 2 heterocycles. The van der Waals surface area contributed by atoms with Gasteiger partial charge in [-0.15, -0.1) is 0 Å². The minimum Gasteiger partial charge on any atom is -0.467 e. The van der Waals surface area contributed by atoms with Gasteiger partial charge in [0.05, 0.1) is 7.11 Å². The smallest absolute Gasteiger partial charge is 0.319 e. The predicted molar refractivity (Wildman–Crippen MR) is 123 cm³/mol. The number of hydrogen-bond donors (Lipinski definition) is 4. The lowest BCUT2D eigenvalue weighted by Gasteiger charge is -2.09. The number of carbonyl (C=O) groups excluding carboxylic acids is 1. The van der Waals surface area contributed by atoms with Gasteiger partial charge >= 0.3 is 6.01 Å². The molecule has 0 aliphatic heterocycles. The zero-order chi connectivity index (χ0) is 23.4. The van der Waals surface area contributed by atoms with Gasteiger partial charge in [0.1, 0.15) is 17.2 Å². The van der Waals surface area contributed by atoms with Crippen molar-refractivity contribution in [3.05, 3.63) is 52.9 Å². The monoisotopic (exact) mass is 451 g/mol. The summed E-state index contributed by atoms with van der Waals surface area (Å²) in [6.07, 6.45) is 7.15.